The minimum Gasteiger partial charge on any atom is -0.454 e. The molecule has 0 saturated heterocycles. The van der Waals surface area contributed by atoms with Crippen LogP contribution in [0, 0.1) is 5.82 Å². The van der Waals surface area contributed by atoms with Crippen molar-refractivity contribution in [3.8, 4) is 11.5 Å². The van der Waals surface area contributed by atoms with Crippen LogP contribution in [0.4, 0.5) is 15.2 Å². The Morgan fingerprint density at radius 1 is 1.17 bits per heavy atom. The molecule has 6 nitrogen and oxygen atoms in total. The van der Waals surface area contributed by atoms with Gasteiger partial charge in [0.25, 0.3) is 0 Å². The van der Waals surface area contributed by atoms with Crippen LogP contribution in [0.1, 0.15) is 23.0 Å². The summed E-state index contributed by atoms with van der Waals surface area (Å²) in [5, 5.41) is 2.01. The Morgan fingerprint density at radius 3 is 2.76 bits per heavy atom. The van der Waals surface area contributed by atoms with E-state index < -0.39 is 5.82 Å². The molecule has 0 unspecified atom stereocenters. The van der Waals surface area contributed by atoms with Gasteiger partial charge < -0.3 is 9.47 Å². The van der Waals surface area contributed by atoms with Gasteiger partial charge in [-0.15, -0.1) is 11.3 Å². The topological polar surface area (TPSA) is 68.7 Å². The maximum absolute atomic E-state index is 14.1. The Labute approximate surface area is 169 Å². The van der Waals surface area contributed by atoms with Gasteiger partial charge in [0.15, 0.2) is 22.4 Å². The molecule has 1 aromatic heterocycles. The molecule has 0 saturated carbocycles. The van der Waals surface area contributed by atoms with Gasteiger partial charge >= 0.3 is 0 Å². The van der Waals surface area contributed by atoms with Gasteiger partial charge in [0.2, 0.25) is 12.7 Å². The summed E-state index contributed by atoms with van der Waals surface area (Å²) in [6, 6.07) is 10.9. The molecule has 2 aromatic carbocycles. The summed E-state index contributed by atoms with van der Waals surface area (Å²) in [6.07, 6.45) is 2.93. The van der Waals surface area contributed by atoms with Crippen LogP contribution in [0.15, 0.2) is 53.9 Å². The predicted molar refractivity (Wildman–Crippen MR) is 107 cm³/mol. The van der Waals surface area contributed by atoms with Crippen LogP contribution < -0.4 is 14.4 Å². The number of rotatable bonds is 5. The minimum absolute atomic E-state index is 0.126. The molecule has 0 spiro atoms. The van der Waals surface area contributed by atoms with E-state index >= 15 is 0 Å². The van der Waals surface area contributed by atoms with Crippen LogP contribution in [-0.2, 0) is 4.79 Å². The fourth-order valence-electron chi connectivity index (χ4n) is 2.80. The highest BCUT2D eigenvalue weighted by Gasteiger charge is 2.20. The second-order valence-corrected chi connectivity index (χ2v) is 6.96. The molecule has 0 atom stereocenters. The molecule has 8 heteroatoms. The average Bonchev–Trinajstić information content (AvgIpc) is 3.36. The van der Waals surface area contributed by atoms with Crippen molar-refractivity contribution in [3.63, 3.8) is 0 Å². The number of amides is 1. The molecular weight excluding hydrogens is 395 g/mol. The number of halogens is 1. The molecule has 2 heterocycles. The first-order valence-electron chi connectivity index (χ1n) is 8.66. The lowest BCUT2D eigenvalue weighted by molar-refractivity contribution is -0.115. The molecule has 0 bridgehead atoms. The summed E-state index contributed by atoms with van der Waals surface area (Å²) in [6.45, 7) is 1.48. The number of para-hydroxylation sites is 1. The number of allylic oxidation sites excluding steroid dienone is 1. The fraction of sp³-hybridized carbons (Fsp3) is 0.0952. The van der Waals surface area contributed by atoms with E-state index in [9.17, 15) is 14.0 Å². The highest BCUT2D eigenvalue weighted by molar-refractivity contribution is 7.14. The van der Waals surface area contributed by atoms with Crippen molar-refractivity contribution in [2.75, 3.05) is 11.7 Å². The van der Waals surface area contributed by atoms with E-state index in [0.29, 0.717) is 27.9 Å². The third-order valence-corrected chi connectivity index (χ3v) is 5.02. The van der Waals surface area contributed by atoms with E-state index in [0.717, 1.165) is 0 Å². The summed E-state index contributed by atoms with van der Waals surface area (Å²) in [5.41, 5.74) is 1.07. The number of ketones is 1. The largest absolute Gasteiger partial charge is 0.454 e. The number of fused-ring (bicyclic) bond motifs is 1. The molecule has 0 aliphatic carbocycles. The monoisotopic (exact) mass is 410 g/mol. The standard InChI is InChI=1S/C21H15FN2O4S/c1-13(25)24(17-5-3-2-4-16(17)22)21-23-15(11-29-21)7-8-18(26)14-6-9-19-20(10-14)28-12-27-19/h2-11H,12H2,1H3/b8-7+. The average molecular weight is 410 g/mol. The SMILES string of the molecule is CC(=O)N(c1nc(/C=C/C(=O)c2ccc3c(c2)OCO3)cs1)c1ccccc1F. The van der Waals surface area contributed by atoms with E-state index in [1.165, 1.54) is 41.4 Å². The maximum atomic E-state index is 14.1. The number of benzene rings is 2. The highest BCUT2D eigenvalue weighted by atomic mass is 32.1. The molecule has 0 N–H and O–H groups in total. The quantitative estimate of drug-likeness (QED) is 0.455. The molecule has 1 aliphatic heterocycles. The molecule has 0 radical (unpaired) electrons. The Bertz CT molecular complexity index is 1130. The number of hydrogen-bond acceptors (Lipinski definition) is 6. The third kappa shape index (κ3) is 3.88. The van der Waals surface area contributed by atoms with Crippen LogP contribution in [0.3, 0.4) is 0 Å². The van der Waals surface area contributed by atoms with Crippen molar-refractivity contribution in [2.24, 2.45) is 0 Å². The van der Waals surface area contributed by atoms with Gasteiger partial charge in [0, 0.05) is 17.9 Å². The molecular formula is C21H15FN2O4S. The number of hydrogen-bond donors (Lipinski definition) is 0. The number of thiazole rings is 1. The number of aromatic nitrogens is 1. The van der Waals surface area contributed by atoms with Crippen molar-refractivity contribution in [3.05, 3.63) is 71.0 Å². The van der Waals surface area contributed by atoms with Crippen LogP contribution in [0.5, 0.6) is 11.5 Å². The second-order valence-electron chi connectivity index (χ2n) is 6.13. The van der Waals surface area contributed by atoms with Crippen LogP contribution in [0.2, 0.25) is 0 Å². The van der Waals surface area contributed by atoms with E-state index in [-0.39, 0.29) is 24.2 Å². The Kier molecular flexibility index (Phi) is 5.09. The molecule has 0 fully saturated rings. The van der Waals surface area contributed by atoms with Gasteiger partial charge in [-0.2, -0.15) is 0 Å². The lowest BCUT2D eigenvalue weighted by atomic mass is 10.1. The number of nitrogens with zero attached hydrogens (tertiary/aromatic N) is 2. The molecule has 3 aromatic rings. The van der Waals surface area contributed by atoms with Gasteiger partial charge in [-0.05, 0) is 42.5 Å². The molecule has 1 amide bonds. The van der Waals surface area contributed by atoms with Crippen molar-refractivity contribution in [1.82, 2.24) is 4.98 Å². The lowest BCUT2D eigenvalue weighted by Crippen LogP contribution is -2.23. The van der Waals surface area contributed by atoms with E-state index in [1.54, 1.807) is 41.8 Å². The van der Waals surface area contributed by atoms with Gasteiger partial charge in [0.1, 0.15) is 5.82 Å². The lowest BCUT2D eigenvalue weighted by Gasteiger charge is -2.18. The molecule has 29 heavy (non-hydrogen) atoms. The smallest absolute Gasteiger partial charge is 0.231 e. The predicted octanol–water partition coefficient (Wildman–Crippen LogP) is 4.59. The number of ether oxygens (including phenoxy) is 2. The summed E-state index contributed by atoms with van der Waals surface area (Å²) in [7, 11) is 0. The van der Waals surface area contributed by atoms with Crippen molar-refractivity contribution < 1.29 is 23.5 Å². The maximum Gasteiger partial charge on any atom is 0.231 e. The van der Waals surface area contributed by atoms with Gasteiger partial charge in [-0.25, -0.2) is 9.37 Å². The van der Waals surface area contributed by atoms with Crippen molar-refractivity contribution >= 4 is 39.9 Å². The zero-order chi connectivity index (χ0) is 20.4. The molecule has 1 aliphatic rings. The molecule has 4 rings (SSSR count). The first-order chi connectivity index (χ1) is 14.0. The van der Waals surface area contributed by atoms with Crippen molar-refractivity contribution in [1.29, 1.82) is 0 Å². The highest BCUT2D eigenvalue weighted by Crippen LogP contribution is 2.33. The first-order valence-corrected chi connectivity index (χ1v) is 9.54. The molecule has 146 valence electrons. The number of carbonyl (C=O) groups is 2. The van der Waals surface area contributed by atoms with Gasteiger partial charge in [-0.3, -0.25) is 14.5 Å². The first kappa shape index (κ1) is 18.8. The fourth-order valence-corrected chi connectivity index (χ4v) is 3.65. The Hall–Kier alpha value is -3.52. The Morgan fingerprint density at radius 2 is 1.97 bits per heavy atom. The van der Waals surface area contributed by atoms with Crippen LogP contribution in [-0.4, -0.2) is 23.5 Å². The zero-order valence-corrected chi connectivity index (χ0v) is 16.1. The Balaban J connectivity index is 1.54. The van der Waals surface area contributed by atoms with E-state index in [2.05, 4.69) is 4.98 Å². The summed E-state index contributed by atoms with van der Waals surface area (Å²) >= 11 is 1.18. The summed E-state index contributed by atoms with van der Waals surface area (Å²) in [5.74, 6) is 0.0223. The zero-order valence-electron chi connectivity index (χ0n) is 15.3. The summed E-state index contributed by atoms with van der Waals surface area (Å²) < 4.78 is 24.6. The van der Waals surface area contributed by atoms with E-state index in [1.807, 2.05) is 0 Å². The van der Waals surface area contributed by atoms with Gasteiger partial charge in [0.05, 0.1) is 11.4 Å². The van der Waals surface area contributed by atoms with Crippen LogP contribution >= 0.6 is 11.3 Å². The number of carbonyl (C=O) groups excluding carboxylic acids is 2. The van der Waals surface area contributed by atoms with Gasteiger partial charge in [-0.1, -0.05) is 12.1 Å². The van der Waals surface area contributed by atoms with Crippen molar-refractivity contribution in [2.45, 2.75) is 6.92 Å². The van der Waals surface area contributed by atoms with E-state index in [4.69, 9.17) is 9.47 Å². The number of anilines is 2. The second kappa shape index (κ2) is 7.84. The third-order valence-electron chi connectivity index (χ3n) is 4.17. The summed E-state index contributed by atoms with van der Waals surface area (Å²) in [4.78, 5) is 30.0. The minimum atomic E-state index is -0.520. The van der Waals surface area contributed by atoms with Crippen LogP contribution in [0.25, 0.3) is 6.08 Å². The normalized spacial score (nSPS) is 12.3.